The molecule has 0 radical (unpaired) electrons. The number of allylic oxidation sites excluding steroid dienone is 1. The van der Waals surface area contributed by atoms with E-state index in [0.29, 0.717) is 35.2 Å². The van der Waals surface area contributed by atoms with Gasteiger partial charge in [-0.05, 0) is 122 Å². The fourth-order valence-electron chi connectivity index (χ4n) is 10.4. The van der Waals surface area contributed by atoms with E-state index in [1.54, 1.807) is 11.0 Å². The van der Waals surface area contributed by atoms with Crippen LogP contribution in [0.3, 0.4) is 0 Å². The van der Waals surface area contributed by atoms with Gasteiger partial charge in [-0.25, -0.2) is 4.39 Å². The van der Waals surface area contributed by atoms with E-state index in [4.69, 9.17) is 16.3 Å². The third kappa shape index (κ3) is 9.97. The Kier molecular flexibility index (Phi) is 14.2. The molecule has 8 rings (SSSR count). The molecule has 2 amide bonds. The minimum Gasteiger partial charge on any atom is -0.492 e. The van der Waals surface area contributed by atoms with E-state index in [2.05, 4.69) is 107 Å². The molecule has 4 aromatic rings. The first-order valence-corrected chi connectivity index (χ1v) is 22.9. The predicted octanol–water partition coefficient (Wildman–Crippen LogP) is 7.53. The van der Waals surface area contributed by atoms with E-state index in [9.17, 15) is 19.2 Å². The number of nitrogens with one attached hydrogen (secondary N) is 1. The molecule has 4 aromatic carbocycles. The number of Topliss-reactive ketones (excluding diaryl/α,β-unsaturated/α-hetero) is 1. The van der Waals surface area contributed by atoms with Crippen LogP contribution in [-0.2, 0) is 25.7 Å². The zero-order valence-electron chi connectivity index (χ0n) is 36.2. The zero-order chi connectivity index (χ0) is 44.0. The summed E-state index contributed by atoms with van der Waals surface area (Å²) in [7, 11) is 0. The lowest BCUT2D eigenvalue weighted by Crippen LogP contribution is -2.58. The lowest BCUT2D eigenvalue weighted by atomic mass is 9.88. The molecule has 0 aromatic heterocycles. The minimum absolute atomic E-state index is 0.00188. The van der Waals surface area contributed by atoms with Crippen LogP contribution >= 0.6 is 11.6 Å². The number of hydrogen-bond acceptors (Lipinski definition) is 9. The Hall–Kier alpha value is -5.20. The number of piperazine rings is 1. The molecule has 10 nitrogen and oxygen atoms in total. The van der Waals surface area contributed by atoms with Gasteiger partial charge in [-0.15, -0.1) is 11.6 Å². The first kappa shape index (κ1) is 44.4. The van der Waals surface area contributed by atoms with Crippen LogP contribution in [0.2, 0.25) is 0 Å². The van der Waals surface area contributed by atoms with Crippen LogP contribution in [0.25, 0.3) is 11.1 Å². The summed E-state index contributed by atoms with van der Waals surface area (Å²) >= 11 is 6.35. The largest absolute Gasteiger partial charge is 0.492 e. The van der Waals surface area contributed by atoms with Crippen molar-refractivity contribution in [1.82, 2.24) is 20.0 Å². The van der Waals surface area contributed by atoms with Gasteiger partial charge in [-0.3, -0.25) is 39.2 Å². The number of alkyl halides is 1. The number of anilines is 1. The standard InChI is InChI=1S/C51H57ClFN5O5/c1-34-29-56(30-35(2)58(34)46-28-43-40(27-44(46)53)32-57(50(43)47(60)33-59)45-17-18-48(61)54-51(45)62)31-36-20-23-55(24-21-36)25-26-63-41-15-13-39(14-16-41)49(38-11-7-4-8-12-38)42(19-22-52)37-9-5-3-6-10-37/h3-16,27-28,33-36,45,50H,17-26,29-32H2,1-2H3,(H,54,61,62). The smallest absolute Gasteiger partial charge is 0.243 e. The number of amides is 2. The van der Waals surface area contributed by atoms with Crippen LogP contribution in [0.4, 0.5) is 10.1 Å². The summed E-state index contributed by atoms with van der Waals surface area (Å²) in [4.78, 5) is 58.3. The highest BCUT2D eigenvalue weighted by molar-refractivity contribution is 6.27. The monoisotopic (exact) mass is 873 g/mol. The van der Waals surface area contributed by atoms with Gasteiger partial charge in [0.1, 0.15) is 24.2 Å². The van der Waals surface area contributed by atoms with Crippen LogP contribution in [0.1, 0.15) is 79.8 Å². The maximum absolute atomic E-state index is 16.0. The van der Waals surface area contributed by atoms with Crippen LogP contribution in [0.5, 0.6) is 5.75 Å². The van der Waals surface area contributed by atoms with E-state index in [0.717, 1.165) is 75.4 Å². The number of carbonyl (C=O) groups excluding carboxylic acids is 4. The number of ketones is 1. The molecule has 63 heavy (non-hydrogen) atoms. The van der Waals surface area contributed by atoms with Crippen molar-refractivity contribution in [1.29, 1.82) is 0 Å². The summed E-state index contributed by atoms with van der Waals surface area (Å²) in [5, 5.41) is 2.34. The van der Waals surface area contributed by atoms with Gasteiger partial charge in [0.25, 0.3) is 0 Å². The molecular formula is C51H57ClFN5O5. The summed E-state index contributed by atoms with van der Waals surface area (Å²) in [6.45, 7) is 10.4. The Bertz CT molecular complexity index is 2290. The lowest BCUT2D eigenvalue weighted by Gasteiger charge is -2.47. The van der Waals surface area contributed by atoms with Crippen LogP contribution in [0, 0.1) is 11.7 Å². The number of piperidine rings is 2. The van der Waals surface area contributed by atoms with Gasteiger partial charge >= 0.3 is 0 Å². The Morgan fingerprint density at radius 2 is 1.51 bits per heavy atom. The number of halogens is 2. The second-order valence-corrected chi connectivity index (χ2v) is 17.9. The van der Waals surface area contributed by atoms with Gasteiger partial charge in [0.05, 0.1) is 11.7 Å². The first-order valence-electron chi connectivity index (χ1n) is 22.4. The minimum atomic E-state index is -1.01. The average Bonchev–Trinajstić information content (AvgIpc) is 3.65. The fourth-order valence-corrected chi connectivity index (χ4v) is 10.6. The molecule has 0 aliphatic carbocycles. The molecule has 4 unspecified atom stereocenters. The molecule has 330 valence electrons. The SMILES string of the molecule is CC1CN(CC2CCN(CCOc3ccc(C(=C(CCCl)c4ccccc4)c4ccccc4)cc3)CC2)CC(C)N1c1cc2c(cc1F)CN(C1CCC(=O)NC1=O)C2C(=O)C=O. The maximum atomic E-state index is 16.0. The second-order valence-electron chi connectivity index (χ2n) is 17.6. The number of aldehydes is 1. The molecule has 4 aliphatic heterocycles. The van der Waals surface area contributed by atoms with Crippen molar-refractivity contribution in [2.24, 2.45) is 5.92 Å². The number of hydrogen-bond donors (Lipinski definition) is 1. The van der Waals surface area contributed by atoms with Gasteiger partial charge in [0, 0.05) is 57.1 Å². The quantitative estimate of drug-likeness (QED) is 0.0427. The number of imide groups is 1. The maximum Gasteiger partial charge on any atom is 0.243 e. The molecule has 4 heterocycles. The van der Waals surface area contributed by atoms with E-state index in [1.165, 1.54) is 22.8 Å². The van der Waals surface area contributed by atoms with Gasteiger partial charge in [-0.1, -0.05) is 72.8 Å². The van der Waals surface area contributed by atoms with Crippen LogP contribution < -0.4 is 15.0 Å². The summed E-state index contributed by atoms with van der Waals surface area (Å²) < 4.78 is 22.3. The molecule has 12 heteroatoms. The normalized spacial score (nSPS) is 23.0. The summed E-state index contributed by atoms with van der Waals surface area (Å²) in [5.74, 6) is 0.0126. The Morgan fingerprint density at radius 3 is 2.14 bits per heavy atom. The van der Waals surface area contributed by atoms with Crippen molar-refractivity contribution >= 4 is 52.3 Å². The average molecular weight is 874 g/mol. The van der Waals surface area contributed by atoms with E-state index in [-0.39, 0.29) is 49.5 Å². The van der Waals surface area contributed by atoms with Gasteiger partial charge < -0.3 is 9.64 Å². The zero-order valence-corrected chi connectivity index (χ0v) is 36.9. The number of benzene rings is 4. The third-order valence-corrected chi connectivity index (χ3v) is 13.5. The molecule has 0 saturated carbocycles. The van der Waals surface area contributed by atoms with E-state index < -0.39 is 23.8 Å². The predicted molar refractivity (Wildman–Crippen MR) is 245 cm³/mol. The van der Waals surface area contributed by atoms with Crippen molar-refractivity contribution in [3.05, 3.63) is 131 Å². The van der Waals surface area contributed by atoms with Crippen molar-refractivity contribution in [2.45, 2.75) is 76.7 Å². The van der Waals surface area contributed by atoms with Crippen molar-refractivity contribution in [3.63, 3.8) is 0 Å². The van der Waals surface area contributed by atoms with Crippen LogP contribution in [0.15, 0.2) is 97.1 Å². The molecule has 3 saturated heterocycles. The third-order valence-electron chi connectivity index (χ3n) is 13.3. The van der Waals surface area contributed by atoms with E-state index >= 15 is 4.39 Å². The number of likely N-dealkylation sites (tertiary alicyclic amines) is 1. The van der Waals surface area contributed by atoms with Crippen molar-refractivity contribution in [3.8, 4) is 5.75 Å². The van der Waals surface area contributed by atoms with E-state index in [1.807, 2.05) is 12.1 Å². The van der Waals surface area contributed by atoms with Crippen molar-refractivity contribution in [2.75, 3.05) is 56.7 Å². The molecule has 4 atom stereocenters. The lowest BCUT2D eigenvalue weighted by molar-refractivity contribution is -0.141. The highest BCUT2D eigenvalue weighted by atomic mass is 35.5. The highest BCUT2D eigenvalue weighted by Crippen LogP contribution is 2.42. The van der Waals surface area contributed by atoms with Gasteiger partial charge in [0.2, 0.25) is 17.6 Å². The highest BCUT2D eigenvalue weighted by Gasteiger charge is 2.44. The Labute approximate surface area is 375 Å². The summed E-state index contributed by atoms with van der Waals surface area (Å²) in [5.41, 5.74) is 7.39. The molecular weight excluding hydrogens is 817 g/mol. The Morgan fingerprint density at radius 1 is 0.857 bits per heavy atom. The Balaban J connectivity index is 0.836. The number of rotatable bonds is 15. The molecule has 0 spiro atoms. The molecule has 1 N–H and O–H groups in total. The van der Waals surface area contributed by atoms with Gasteiger partial charge in [0.15, 0.2) is 6.29 Å². The summed E-state index contributed by atoms with van der Waals surface area (Å²) in [6, 6.07) is 30.8. The van der Waals surface area contributed by atoms with Gasteiger partial charge in [-0.2, -0.15) is 0 Å². The fraction of sp³-hybridized carbons (Fsp3) is 0.412. The molecule has 4 aliphatic rings. The number of carbonyl (C=O) groups is 4. The topological polar surface area (TPSA) is 102 Å². The van der Waals surface area contributed by atoms with Crippen molar-refractivity contribution < 1.29 is 28.3 Å². The van der Waals surface area contributed by atoms with Crippen LogP contribution in [-0.4, -0.2) is 108 Å². The molecule has 0 bridgehead atoms. The number of nitrogens with zero attached hydrogens (tertiary/aromatic N) is 4. The number of fused-ring (bicyclic) bond motifs is 1. The summed E-state index contributed by atoms with van der Waals surface area (Å²) in [6.07, 6.45) is 3.61. The molecule has 3 fully saturated rings. The number of ether oxygens (including phenoxy) is 1. The second kappa shape index (κ2) is 20.1. The first-order chi connectivity index (χ1) is 30.6.